The maximum Gasteiger partial charge on any atom is 0.255 e. The van der Waals surface area contributed by atoms with Crippen molar-refractivity contribution >= 4 is 33.4 Å². The van der Waals surface area contributed by atoms with E-state index in [2.05, 4.69) is 22.9 Å². The van der Waals surface area contributed by atoms with Crippen molar-refractivity contribution in [2.75, 3.05) is 6.54 Å². The second-order valence-corrected chi connectivity index (χ2v) is 6.21. The number of halogens is 2. The quantitative estimate of drug-likeness (QED) is 0.653. The Hall–Kier alpha value is -0.540. The van der Waals surface area contributed by atoms with Crippen molar-refractivity contribution in [2.45, 2.75) is 46.1 Å². The maximum absolute atomic E-state index is 12.6. The number of carbonyl (C=O) groups excluding carboxylic acids is 1. The molecule has 0 unspecified atom stereocenters. The van der Waals surface area contributed by atoms with Crippen LogP contribution in [0, 0.1) is 0 Å². The van der Waals surface area contributed by atoms with Crippen molar-refractivity contribution in [2.24, 2.45) is 0 Å². The number of hydrogen-bond acceptors (Lipinski definition) is 1. The first-order valence-electron chi connectivity index (χ1n) is 6.73. The molecule has 0 N–H and O–H groups in total. The molecule has 1 amide bonds. The molecule has 0 aromatic heterocycles. The molecule has 0 saturated heterocycles. The summed E-state index contributed by atoms with van der Waals surface area (Å²) >= 11 is 9.33. The van der Waals surface area contributed by atoms with Gasteiger partial charge >= 0.3 is 0 Å². The normalized spacial score (nSPS) is 10.8. The summed E-state index contributed by atoms with van der Waals surface area (Å²) in [6.07, 6.45) is 3.36. The van der Waals surface area contributed by atoms with Crippen LogP contribution in [0.2, 0.25) is 5.02 Å². The van der Waals surface area contributed by atoms with Crippen LogP contribution in [-0.4, -0.2) is 23.4 Å². The zero-order chi connectivity index (χ0) is 14.4. The van der Waals surface area contributed by atoms with Crippen LogP contribution in [0.25, 0.3) is 0 Å². The van der Waals surface area contributed by atoms with Gasteiger partial charge in [-0.1, -0.05) is 31.4 Å². The lowest BCUT2D eigenvalue weighted by molar-refractivity contribution is 0.0701. The third-order valence-corrected chi connectivity index (χ3v) is 3.94. The van der Waals surface area contributed by atoms with Gasteiger partial charge < -0.3 is 4.90 Å². The SMILES string of the molecule is CCCCCN(C(=O)c1ccc(Cl)cc1Br)C(C)C. The molecule has 0 aliphatic carbocycles. The zero-order valence-electron chi connectivity index (χ0n) is 11.7. The molecule has 1 aromatic carbocycles. The fraction of sp³-hybridized carbons (Fsp3) is 0.533. The zero-order valence-corrected chi connectivity index (χ0v) is 14.1. The molecule has 0 spiro atoms. The van der Waals surface area contributed by atoms with Gasteiger partial charge in [-0.3, -0.25) is 4.79 Å². The summed E-state index contributed by atoms with van der Waals surface area (Å²) in [6.45, 7) is 7.07. The van der Waals surface area contributed by atoms with E-state index in [4.69, 9.17) is 11.6 Å². The third kappa shape index (κ3) is 4.81. The number of benzene rings is 1. The Bertz CT molecular complexity index is 434. The van der Waals surface area contributed by atoms with Crippen LogP contribution in [0.4, 0.5) is 0 Å². The standard InChI is InChI=1S/C15H21BrClNO/c1-4-5-6-9-18(11(2)3)15(19)13-8-7-12(17)10-14(13)16/h7-8,10-11H,4-6,9H2,1-3H3. The van der Waals surface area contributed by atoms with E-state index in [1.54, 1.807) is 18.2 Å². The highest BCUT2D eigenvalue weighted by Gasteiger charge is 2.20. The highest BCUT2D eigenvalue weighted by atomic mass is 79.9. The summed E-state index contributed by atoms with van der Waals surface area (Å²) in [5, 5.41) is 0.630. The Morgan fingerprint density at radius 1 is 1.37 bits per heavy atom. The van der Waals surface area contributed by atoms with Gasteiger partial charge in [0.25, 0.3) is 5.91 Å². The minimum absolute atomic E-state index is 0.0645. The molecule has 0 bridgehead atoms. The van der Waals surface area contributed by atoms with E-state index in [1.807, 2.05) is 18.7 Å². The molecular weight excluding hydrogens is 326 g/mol. The Morgan fingerprint density at radius 2 is 2.05 bits per heavy atom. The van der Waals surface area contributed by atoms with Gasteiger partial charge in [0.1, 0.15) is 0 Å². The van der Waals surface area contributed by atoms with E-state index in [0.29, 0.717) is 10.6 Å². The summed E-state index contributed by atoms with van der Waals surface area (Å²) in [5.41, 5.74) is 0.676. The van der Waals surface area contributed by atoms with Gasteiger partial charge in [-0.2, -0.15) is 0 Å². The minimum atomic E-state index is 0.0645. The first-order valence-corrected chi connectivity index (χ1v) is 7.90. The Kier molecular flexibility index (Phi) is 6.87. The molecule has 0 radical (unpaired) electrons. The third-order valence-electron chi connectivity index (χ3n) is 3.05. The van der Waals surface area contributed by atoms with Crippen molar-refractivity contribution in [3.63, 3.8) is 0 Å². The van der Waals surface area contributed by atoms with Crippen molar-refractivity contribution in [3.8, 4) is 0 Å². The molecule has 0 fully saturated rings. The van der Waals surface area contributed by atoms with Crippen LogP contribution < -0.4 is 0 Å². The first-order chi connectivity index (χ1) is 8.97. The number of amides is 1. The van der Waals surface area contributed by atoms with E-state index in [-0.39, 0.29) is 11.9 Å². The molecule has 1 aromatic rings. The highest BCUT2D eigenvalue weighted by molar-refractivity contribution is 9.10. The number of rotatable bonds is 6. The number of unbranched alkanes of at least 4 members (excludes halogenated alkanes) is 2. The molecule has 0 atom stereocenters. The Labute approximate surface area is 129 Å². The van der Waals surface area contributed by atoms with Gasteiger partial charge in [0.05, 0.1) is 5.56 Å². The topological polar surface area (TPSA) is 20.3 Å². The molecule has 0 saturated carbocycles. The summed E-state index contributed by atoms with van der Waals surface area (Å²) in [5.74, 6) is 0.0645. The summed E-state index contributed by atoms with van der Waals surface area (Å²) in [6, 6.07) is 5.50. The Balaban J connectivity index is 2.86. The van der Waals surface area contributed by atoms with Crippen LogP contribution in [-0.2, 0) is 0 Å². The van der Waals surface area contributed by atoms with Gasteiger partial charge in [-0.05, 0) is 54.4 Å². The van der Waals surface area contributed by atoms with Crippen LogP contribution in [0.3, 0.4) is 0 Å². The largest absolute Gasteiger partial charge is 0.336 e. The molecule has 0 aliphatic heterocycles. The molecule has 2 nitrogen and oxygen atoms in total. The maximum atomic E-state index is 12.6. The van der Waals surface area contributed by atoms with E-state index >= 15 is 0 Å². The van der Waals surface area contributed by atoms with Gasteiger partial charge in [-0.25, -0.2) is 0 Å². The smallest absolute Gasteiger partial charge is 0.255 e. The molecule has 106 valence electrons. The number of hydrogen-bond donors (Lipinski definition) is 0. The van der Waals surface area contributed by atoms with Crippen LogP contribution >= 0.6 is 27.5 Å². The van der Waals surface area contributed by atoms with Crippen molar-refractivity contribution in [1.29, 1.82) is 0 Å². The molecule has 0 heterocycles. The Morgan fingerprint density at radius 3 is 2.58 bits per heavy atom. The summed E-state index contributed by atoms with van der Waals surface area (Å²) in [4.78, 5) is 14.5. The fourth-order valence-corrected chi connectivity index (χ4v) is 2.80. The van der Waals surface area contributed by atoms with E-state index in [0.717, 1.165) is 30.3 Å². The average Bonchev–Trinajstić information content (AvgIpc) is 2.33. The summed E-state index contributed by atoms with van der Waals surface area (Å²) < 4.78 is 0.756. The van der Waals surface area contributed by atoms with Crippen LogP contribution in [0.5, 0.6) is 0 Å². The second kappa shape index (κ2) is 7.91. The lowest BCUT2D eigenvalue weighted by atomic mass is 10.1. The molecule has 0 aliphatic rings. The lowest BCUT2D eigenvalue weighted by Gasteiger charge is -2.27. The van der Waals surface area contributed by atoms with Gasteiger partial charge in [0.15, 0.2) is 0 Å². The number of nitrogens with zero attached hydrogens (tertiary/aromatic N) is 1. The second-order valence-electron chi connectivity index (χ2n) is 4.92. The van der Waals surface area contributed by atoms with Crippen LogP contribution in [0.1, 0.15) is 50.4 Å². The molecular formula is C15H21BrClNO. The summed E-state index contributed by atoms with van der Waals surface area (Å²) in [7, 11) is 0. The van der Waals surface area contributed by atoms with E-state index in [1.165, 1.54) is 0 Å². The van der Waals surface area contributed by atoms with E-state index in [9.17, 15) is 4.79 Å². The lowest BCUT2D eigenvalue weighted by Crippen LogP contribution is -2.37. The van der Waals surface area contributed by atoms with Crippen molar-refractivity contribution in [3.05, 3.63) is 33.3 Å². The number of carbonyl (C=O) groups is 1. The minimum Gasteiger partial charge on any atom is -0.336 e. The van der Waals surface area contributed by atoms with Gasteiger partial charge in [0, 0.05) is 22.1 Å². The van der Waals surface area contributed by atoms with Crippen molar-refractivity contribution in [1.82, 2.24) is 4.90 Å². The average molecular weight is 347 g/mol. The molecule has 4 heteroatoms. The van der Waals surface area contributed by atoms with Crippen molar-refractivity contribution < 1.29 is 4.79 Å². The van der Waals surface area contributed by atoms with Crippen LogP contribution in [0.15, 0.2) is 22.7 Å². The fourth-order valence-electron chi connectivity index (χ4n) is 1.94. The predicted octanol–water partition coefficient (Wildman–Crippen LogP) is 5.14. The van der Waals surface area contributed by atoms with Gasteiger partial charge in [0.2, 0.25) is 0 Å². The monoisotopic (exact) mass is 345 g/mol. The van der Waals surface area contributed by atoms with E-state index < -0.39 is 0 Å². The first kappa shape index (κ1) is 16.5. The molecule has 1 rings (SSSR count). The molecule has 19 heavy (non-hydrogen) atoms. The highest BCUT2D eigenvalue weighted by Crippen LogP contribution is 2.23. The van der Waals surface area contributed by atoms with Gasteiger partial charge in [-0.15, -0.1) is 0 Å². The predicted molar refractivity (Wildman–Crippen MR) is 84.8 cm³/mol.